The topological polar surface area (TPSA) is 29.5 Å². The number of carbonyl (C=O) groups excluding carboxylic acids is 1. The van der Waals surface area contributed by atoms with Crippen LogP contribution in [0.15, 0.2) is 0 Å². The highest BCUT2D eigenvalue weighted by Crippen LogP contribution is 2.30. The van der Waals surface area contributed by atoms with E-state index in [2.05, 4.69) is 11.8 Å². The number of rotatable bonds is 3. The Labute approximate surface area is 73.7 Å². The lowest BCUT2D eigenvalue weighted by Gasteiger charge is -2.29. The number of carbonyl (C=O) groups is 1. The van der Waals surface area contributed by atoms with Gasteiger partial charge < -0.3 is 9.64 Å². The maximum atomic E-state index is 11.0. The Morgan fingerprint density at radius 3 is 2.58 bits per heavy atom. The largest absolute Gasteiger partial charge is 0.458 e. The normalized spacial score (nSPS) is 29.5. The summed E-state index contributed by atoms with van der Waals surface area (Å²) in [5.74, 6) is -0.0429. The van der Waals surface area contributed by atoms with Crippen molar-refractivity contribution < 1.29 is 9.53 Å². The van der Waals surface area contributed by atoms with Crippen molar-refractivity contribution in [1.82, 2.24) is 4.90 Å². The molecule has 0 aromatic rings. The van der Waals surface area contributed by atoms with Crippen LogP contribution >= 0.6 is 0 Å². The highest BCUT2D eigenvalue weighted by molar-refractivity contribution is 5.72. The number of esters is 1. The molecule has 1 atom stereocenters. The third-order valence-electron chi connectivity index (χ3n) is 2.36. The molecule has 1 rings (SSSR count). The third kappa shape index (κ3) is 1.97. The number of likely N-dealkylation sites (N-methyl/N-ethyl adjacent to an activating group) is 1. The summed E-state index contributed by atoms with van der Waals surface area (Å²) in [5.41, 5.74) is -0.194. The molecule has 3 heteroatoms. The molecule has 1 heterocycles. The Balaban J connectivity index is 2.58. The Hall–Kier alpha value is -0.570. The fourth-order valence-corrected chi connectivity index (χ4v) is 1.72. The molecule has 0 aromatic heterocycles. The average molecular weight is 171 g/mol. The molecular formula is C9H17NO2. The fourth-order valence-electron chi connectivity index (χ4n) is 1.72. The SMILES string of the molecule is CCC1(CN(C)C)CCC(=O)O1. The van der Waals surface area contributed by atoms with Gasteiger partial charge in [0.2, 0.25) is 0 Å². The van der Waals surface area contributed by atoms with Gasteiger partial charge in [-0.25, -0.2) is 0 Å². The van der Waals surface area contributed by atoms with E-state index in [4.69, 9.17) is 4.74 Å². The Morgan fingerprint density at radius 2 is 2.25 bits per heavy atom. The van der Waals surface area contributed by atoms with Gasteiger partial charge in [0, 0.05) is 13.0 Å². The maximum Gasteiger partial charge on any atom is 0.306 e. The molecule has 0 aromatic carbocycles. The van der Waals surface area contributed by atoms with E-state index in [1.165, 1.54) is 0 Å². The van der Waals surface area contributed by atoms with Crippen molar-refractivity contribution in [3.8, 4) is 0 Å². The van der Waals surface area contributed by atoms with E-state index >= 15 is 0 Å². The van der Waals surface area contributed by atoms with Gasteiger partial charge in [0.1, 0.15) is 5.60 Å². The predicted molar refractivity (Wildman–Crippen MR) is 46.9 cm³/mol. The lowest BCUT2D eigenvalue weighted by molar-refractivity contribution is -0.149. The minimum absolute atomic E-state index is 0.0429. The van der Waals surface area contributed by atoms with Gasteiger partial charge in [-0.2, -0.15) is 0 Å². The summed E-state index contributed by atoms with van der Waals surface area (Å²) in [6.07, 6.45) is 2.37. The molecule has 1 aliphatic rings. The smallest absolute Gasteiger partial charge is 0.306 e. The van der Waals surface area contributed by atoms with Crippen LogP contribution in [0.4, 0.5) is 0 Å². The van der Waals surface area contributed by atoms with Crippen LogP contribution in [0.25, 0.3) is 0 Å². The van der Waals surface area contributed by atoms with Gasteiger partial charge in [0.25, 0.3) is 0 Å². The first kappa shape index (κ1) is 9.52. The van der Waals surface area contributed by atoms with Gasteiger partial charge in [-0.1, -0.05) is 6.92 Å². The highest BCUT2D eigenvalue weighted by Gasteiger charge is 2.38. The molecule has 70 valence electrons. The summed E-state index contributed by atoms with van der Waals surface area (Å²) >= 11 is 0. The van der Waals surface area contributed by atoms with Crippen LogP contribution in [-0.2, 0) is 9.53 Å². The van der Waals surface area contributed by atoms with Crippen LogP contribution in [0.5, 0.6) is 0 Å². The third-order valence-corrected chi connectivity index (χ3v) is 2.36. The molecule has 0 bridgehead atoms. The molecule has 1 saturated heterocycles. The summed E-state index contributed by atoms with van der Waals surface area (Å²) in [6, 6.07) is 0. The molecule has 0 aliphatic carbocycles. The van der Waals surface area contributed by atoms with Crippen molar-refractivity contribution in [3.05, 3.63) is 0 Å². The van der Waals surface area contributed by atoms with Crippen molar-refractivity contribution in [1.29, 1.82) is 0 Å². The molecule has 0 N–H and O–H groups in total. The van der Waals surface area contributed by atoms with E-state index < -0.39 is 0 Å². The molecule has 3 nitrogen and oxygen atoms in total. The van der Waals surface area contributed by atoms with Gasteiger partial charge in [-0.05, 0) is 26.9 Å². The van der Waals surface area contributed by atoms with Crippen LogP contribution in [0, 0.1) is 0 Å². The fraction of sp³-hybridized carbons (Fsp3) is 0.889. The minimum atomic E-state index is -0.194. The average Bonchev–Trinajstić information content (AvgIpc) is 2.32. The van der Waals surface area contributed by atoms with Gasteiger partial charge in [-0.15, -0.1) is 0 Å². The summed E-state index contributed by atoms with van der Waals surface area (Å²) < 4.78 is 5.33. The molecule has 1 aliphatic heterocycles. The number of ether oxygens (including phenoxy) is 1. The number of hydrogen-bond acceptors (Lipinski definition) is 3. The van der Waals surface area contributed by atoms with Crippen molar-refractivity contribution in [2.45, 2.75) is 31.8 Å². The van der Waals surface area contributed by atoms with E-state index in [-0.39, 0.29) is 11.6 Å². The van der Waals surface area contributed by atoms with E-state index in [0.717, 1.165) is 19.4 Å². The van der Waals surface area contributed by atoms with Gasteiger partial charge in [0.15, 0.2) is 0 Å². The van der Waals surface area contributed by atoms with Crippen LogP contribution < -0.4 is 0 Å². The first-order valence-electron chi connectivity index (χ1n) is 4.44. The van der Waals surface area contributed by atoms with Gasteiger partial charge in [-0.3, -0.25) is 4.79 Å². The Morgan fingerprint density at radius 1 is 1.58 bits per heavy atom. The van der Waals surface area contributed by atoms with Crippen molar-refractivity contribution >= 4 is 5.97 Å². The van der Waals surface area contributed by atoms with Crippen LogP contribution in [0.1, 0.15) is 26.2 Å². The Bertz CT molecular complexity index is 179. The van der Waals surface area contributed by atoms with Crippen molar-refractivity contribution in [2.24, 2.45) is 0 Å². The quantitative estimate of drug-likeness (QED) is 0.594. The van der Waals surface area contributed by atoms with Crippen LogP contribution in [0.2, 0.25) is 0 Å². The van der Waals surface area contributed by atoms with E-state index in [9.17, 15) is 4.79 Å². The second kappa shape index (κ2) is 3.44. The predicted octanol–water partition coefficient (Wildman–Crippen LogP) is 1.03. The van der Waals surface area contributed by atoms with E-state index in [1.807, 2.05) is 14.1 Å². The van der Waals surface area contributed by atoms with E-state index in [1.54, 1.807) is 0 Å². The molecule has 1 unspecified atom stereocenters. The first-order chi connectivity index (χ1) is 5.58. The zero-order valence-electron chi connectivity index (χ0n) is 8.09. The molecule has 12 heavy (non-hydrogen) atoms. The maximum absolute atomic E-state index is 11.0. The van der Waals surface area contributed by atoms with Crippen LogP contribution in [-0.4, -0.2) is 37.1 Å². The number of nitrogens with zero attached hydrogens (tertiary/aromatic N) is 1. The molecule has 1 fully saturated rings. The van der Waals surface area contributed by atoms with E-state index in [0.29, 0.717) is 6.42 Å². The molecular weight excluding hydrogens is 154 g/mol. The molecule has 0 radical (unpaired) electrons. The molecule has 0 amide bonds. The second-order valence-corrected chi connectivity index (χ2v) is 3.75. The van der Waals surface area contributed by atoms with Crippen LogP contribution in [0.3, 0.4) is 0 Å². The summed E-state index contributed by atoms with van der Waals surface area (Å²) in [5, 5.41) is 0. The number of hydrogen-bond donors (Lipinski definition) is 0. The standard InChI is InChI=1S/C9H17NO2/c1-4-9(7-10(2)3)6-5-8(11)12-9/h4-7H2,1-3H3. The highest BCUT2D eigenvalue weighted by atomic mass is 16.6. The van der Waals surface area contributed by atoms with Crippen molar-refractivity contribution in [2.75, 3.05) is 20.6 Å². The summed E-state index contributed by atoms with van der Waals surface area (Å²) in [6.45, 7) is 2.91. The summed E-state index contributed by atoms with van der Waals surface area (Å²) in [4.78, 5) is 13.0. The zero-order chi connectivity index (χ0) is 9.19. The summed E-state index contributed by atoms with van der Waals surface area (Å²) in [7, 11) is 4.01. The molecule has 0 spiro atoms. The minimum Gasteiger partial charge on any atom is -0.458 e. The monoisotopic (exact) mass is 171 g/mol. The lowest BCUT2D eigenvalue weighted by atomic mass is 9.96. The second-order valence-electron chi connectivity index (χ2n) is 3.75. The number of cyclic esters (lactones) is 1. The lowest BCUT2D eigenvalue weighted by Crippen LogP contribution is -2.39. The van der Waals surface area contributed by atoms with Gasteiger partial charge >= 0.3 is 5.97 Å². The van der Waals surface area contributed by atoms with Gasteiger partial charge in [0.05, 0.1) is 0 Å². The molecule has 0 saturated carbocycles. The zero-order valence-corrected chi connectivity index (χ0v) is 8.09. The Kier molecular flexibility index (Phi) is 2.73. The first-order valence-corrected chi connectivity index (χ1v) is 4.44. The van der Waals surface area contributed by atoms with Crippen molar-refractivity contribution in [3.63, 3.8) is 0 Å².